The fraction of sp³-hybridized carbons (Fsp3) is 0.182. The van der Waals surface area contributed by atoms with Gasteiger partial charge in [-0.2, -0.15) is 18.3 Å². The van der Waals surface area contributed by atoms with Gasteiger partial charge in [0.15, 0.2) is 0 Å². The average Bonchev–Trinajstić information content (AvgIpc) is 2.68. The van der Waals surface area contributed by atoms with Gasteiger partial charge in [0.25, 0.3) is 0 Å². The van der Waals surface area contributed by atoms with E-state index in [4.69, 9.17) is 0 Å². The molecule has 1 aromatic rings. The van der Waals surface area contributed by atoms with Gasteiger partial charge in [0.05, 0.1) is 11.3 Å². The normalized spacial score (nSPS) is 14.1. The molecular weight excluding hydrogens is 217 g/mol. The summed E-state index contributed by atoms with van der Waals surface area (Å²) in [6.45, 7) is 1.65. The van der Waals surface area contributed by atoms with Crippen LogP contribution < -0.4 is 0 Å². The van der Waals surface area contributed by atoms with Gasteiger partial charge in [-0.15, -0.1) is 0 Å². The van der Waals surface area contributed by atoms with Crippen LogP contribution >= 0.6 is 0 Å². The van der Waals surface area contributed by atoms with Crippen LogP contribution in [0.4, 0.5) is 13.2 Å². The van der Waals surface area contributed by atoms with E-state index in [9.17, 15) is 13.2 Å². The summed E-state index contributed by atoms with van der Waals surface area (Å²) in [7, 11) is 0. The number of rotatable bonds is 3. The number of H-pyrrole nitrogens is 1. The van der Waals surface area contributed by atoms with Crippen LogP contribution in [0.1, 0.15) is 12.6 Å². The molecule has 1 aromatic heterocycles. The first-order valence-electron chi connectivity index (χ1n) is 4.62. The van der Waals surface area contributed by atoms with Crippen LogP contribution in [0, 0.1) is 0 Å². The second kappa shape index (κ2) is 5.34. The molecule has 0 atom stereocenters. The molecule has 0 fully saturated rings. The molecule has 1 rings (SSSR count). The summed E-state index contributed by atoms with van der Waals surface area (Å²) in [5.74, 6) is 0. The molecule has 0 spiro atoms. The second-order valence-corrected chi connectivity index (χ2v) is 2.98. The van der Waals surface area contributed by atoms with Crippen molar-refractivity contribution in [3.8, 4) is 0 Å². The van der Waals surface area contributed by atoms with Crippen LogP contribution in [0.5, 0.6) is 0 Å². The van der Waals surface area contributed by atoms with E-state index in [0.717, 1.165) is 12.2 Å². The quantitative estimate of drug-likeness (QED) is 0.788. The van der Waals surface area contributed by atoms with Crippen LogP contribution in [0.3, 0.4) is 0 Å². The van der Waals surface area contributed by atoms with Crippen molar-refractivity contribution >= 4 is 6.08 Å². The van der Waals surface area contributed by atoms with Crippen molar-refractivity contribution in [2.45, 2.75) is 13.1 Å². The maximum atomic E-state index is 12.5. The largest absolute Gasteiger partial charge is 0.416 e. The van der Waals surface area contributed by atoms with Crippen molar-refractivity contribution in [2.24, 2.45) is 0 Å². The number of hydrogen-bond acceptors (Lipinski definition) is 1. The summed E-state index contributed by atoms with van der Waals surface area (Å²) in [4.78, 5) is 0. The van der Waals surface area contributed by atoms with E-state index in [1.807, 2.05) is 0 Å². The van der Waals surface area contributed by atoms with Gasteiger partial charge < -0.3 is 0 Å². The van der Waals surface area contributed by atoms with Gasteiger partial charge in [0.1, 0.15) is 0 Å². The van der Waals surface area contributed by atoms with Gasteiger partial charge in [-0.3, -0.25) is 5.10 Å². The Balaban J connectivity index is 2.88. The molecule has 0 aromatic carbocycles. The lowest BCUT2D eigenvalue weighted by Gasteiger charge is -2.05. The molecule has 0 aliphatic rings. The molecule has 0 amide bonds. The molecular formula is C11H11F3N2. The molecule has 0 saturated carbocycles. The molecule has 2 nitrogen and oxygen atoms in total. The number of nitrogens with zero attached hydrogens (tertiary/aromatic N) is 1. The number of aromatic nitrogens is 2. The third-order valence-corrected chi connectivity index (χ3v) is 1.75. The lowest BCUT2D eigenvalue weighted by Crippen LogP contribution is -2.09. The van der Waals surface area contributed by atoms with Gasteiger partial charge in [-0.1, -0.05) is 18.2 Å². The number of aromatic amines is 1. The van der Waals surface area contributed by atoms with E-state index in [1.165, 1.54) is 18.2 Å². The minimum absolute atomic E-state index is 0.454. The Morgan fingerprint density at radius 1 is 1.44 bits per heavy atom. The molecule has 1 heterocycles. The number of alkyl halides is 3. The average molecular weight is 228 g/mol. The Kier molecular flexibility index (Phi) is 4.10. The summed E-state index contributed by atoms with van der Waals surface area (Å²) in [6, 6.07) is 1.58. The Bertz CT molecular complexity index is 397. The molecule has 0 saturated heterocycles. The van der Waals surface area contributed by atoms with E-state index in [1.54, 1.807) is 19.2 Å². The Labute approximate surface area is 91.2 Å². The molecule has 16 heavy (non-hydrogen) atoms. The molecule has 0 bridgehead atoms. The zero-order valence-corrected chi connectivity index (χ0v) is 8.62. The van der Waals surface area contributed by atoms with Gasteiger partial charge in [-0.25, -0.2) is 0 Å². The molecule has 0 unspecified atom stereocenters. The molecule has 0 radical (unpaired) electrons. The third kappa shape index (κ3) is 3.76. The van der Waals surface area contributed by atoms with Crippen molar-refractivity contribution in [3.63, 3.8) is 0 Å². The number of hydrogen-bond donors (Lipinski definition) is 1. The summed E-state index contributed by atoms with van der Waals surface area (Å²) in [5, 5.41) is 6.25. The number of nitrogens with one attached hydrogen (secondary N) is 1. The molecule has 1 N–H and O–H groups in total. The standard InChI is InChI=1S/C11H11F3N2/c1-2-3-4-9(11(12,13)14)5-6-10-7-8-15-16-10/h2-8H,1H3,(H,15,16)/b3-2-,6-5+,9-4+. The lowest BCUT2D eigenvalue weighted by atomic mass is 10.2. The second-order valence-electron chi connectivity index (χ2n) is 2.98. The van der Waals surface area contributed by atoms with Crippen molar-refractivity contribution < 1.29 is 13.2 Å². The van der Waals surface area contributed by atoms with E-state index in [-0.39, 0.29) is 0 Å². The highest BCUT2D eigenvalue weighted by Gasteiger charge is 2.31. The predicted octanol–water partition coefficient (Wildman–Crippen LogP) is 3.49. The Morgan fingerprint density at radius 3 is 2.69 bits per heavy atom. The lowest BCUT2D eigenvalue weighted by molar-refractivity contribution is -0.0881. The highest BCUT2D eigenvalue weighted by atomic mass is 19.4. The topological polar surface area (TPSA) is 28.7 Å². The monoisotopic (exact) mass is 228 g/mol. The zero-order valence-electron chi connectivity index (χ0n) is 8.62. The Morgan fingerprint density at radius 2 is 2.19 bits per heavy atom. The van der Waals surface area contributed by atoms with E-state index >= 15 is 0 Å². The van der Waals surface area contributed by atoms with Gasteiger partial charge in [0.2, 0.25) is 0 Å². The van der Waals surface area contributed by atoms with E-state index < -0.39 is 11.7 Å². The first-order valence-corrected chi connectivity index (χ1v) is 4.62. The van der Waals surface area contributed by atoms with Crippen molar-refractivity contribution in [1.29, 1.82) is 0 Å². The zero-order chi connectivity index (χ0) is 12.0. The van der Waals surface area contributed by atoms with Crippen molar-refractivity contribution in [3.05, 3.63) is 47.8 Å². The predicted molar refractivity (Wildman–Crippen MR) is 56.6 cm³/mol. The van der Waals surface area contributed by atoms with Gasteiger partial charge in [0, 0.05) is 6.20 Å². The molecule has 5 heteroatoms. The third-order valence-electron chi connectivity index (χ3n) is 1.75. The van der Waals surface area contributed by atoms with Crippen LogP contribution in [0.2, 0.25) is 0 Å². The first-order chi connectivity index (χ1) is 7.54. The van der Waals surface area contributed by atoms with Crippen LogP contribution in [0.15, 0.2) is 42.1 Å². The van der Waals surface area contributed by atoms with Crippen molar-refractivity contribution in [1.82, 2.24) is 10.2 Å². The SMILES string of the molecule is C\C=C/C=C(\C=C\c1cc[nH]n1)C(F)(F)F. The van der Waals surface area contributed by atoms with Crippen molar-refractivity contribution in [2.75, 3.05) is 0 Å². The summed E-state index contributed by atoms with van der Waals surface area (Å²) in [6.07, 6.45) is 3.39. The van der Waals surface area contributed by atoms with Crippen LogP contribution in [-0.4, -0.2) is 16.4 Å². The van der Waals surface area contributed by atoms with Gasteiger partial charge in [-0.05, 0) is 25.1 Å². The summed E-state index contributed by atoms with van der Waals surface area (Å²) >= 11 is 0. The summed E-state index contributed by atoms with van der Waals surface area (Å²) < 4.78 is 37.5. The van der Waals surface area contributed by atoms with Crippen LogP contribution in [0.25, 0.3) is 6.08 Å². The van der Waals surface area contributed by atoms with E-state index in [2.05, 4.69) is 10.2 Å². The maximum Gasteiger partial charge on any atom is 0.416 e. The maximum absolute atomic E-state index is 12.5. The molecule has 0 aliphatic carbocycles. The Hall–Kier alpha value is -1.78. The highest BCUT2D eigenvalue weighted by Crippen LogP contribution is 2.27. The van der Waals surface area contributed by atoms with Crippen LogP contribution in [-0.2, 0) is 0 Å². The minimum atomic E-state index is -4.35. The minimum Gasteiger partial charge on any atom is -0.285 e. The number of allylic oxidation sites excluding steroid dienone is 5. The fourth-order valence-corrected chi connectivity index (χ4v) is 0.984. The smallest absolute Gasteiger partial charge is 0.285 e. The fourth-order valence-electron chi connectivity index (χ4n) is 0.984. The first kappa shape index (κ1) is 12.3. The molecule has 86 valence electrons. The summed E-state index contributed by atoms with van der Waals surface area (Å²) in [5.41, 5.74) is -0.260. The van der Waals surface area contributed by atoms with Gasteiger partial charge >= 0.3 is 6.18 Å². The highest BCUT2D eigenvalue weighted by molar-refractivity contribution is 5.50. The number of halogens is 3. The molecule has 0 aliphatic heterocycles. The van der Waals surface area contributed by atoms with E-state index in [0.29, 0.717) is 5.69 Å².